The molecule has 0 aliphatic heterocycles. The summed E-state index contributed by atoms with van der Waals surface area (Å²) < 4.78 is 4.94. The summed E-state index contributed by atoms with van der Waals surface area (Å²) in [7, 11) is 0. The number of tetrazole rings is 1. The van der Waals surface area contributed by atoms with Crippen LogP contribution in [-0.2, 0) is 20.9 Å². The van der Waals surface area contributed by atoms with E-state index in [1.165, 1.54) is 0 Å². The van der Waals surface area contributed by atoms with Gasteiger partial charge in [-0.25, -0.2) is 4.79 Å². The molecule has 8 heteroatoms. The van der Waals surface area contributed by atoms with Gasteiger partial charge in [0.1, 0.15) is 0 Å². The molecule has 0 bridgehead atoms. The lowest BCUT2D eigenvalue weighted by Gasteiger charge is -2.06. The van der Waals surface area contributed by atoms with E-state index in [0.717, 1.165) is 15.9 Å². The van der Waals surface area contributed by atoms with Crippen molar-refractivity contribution in [2.24, 2.45) is 0 Å². The van der Waals surface area contributed by atoms with Crippen LogP contribution in [0.5, 0.6) is 0 Å². The second-order valence-corrected chi connectivity index (χ2v) is 5.58. The maximum absolute atomic E-state index is 11.8. The van der Waals surface area contributed by atoms with Gasteiger partial charge in [-0.15, -0.1) is 10.2 Å². The minimum Gasteiger partial charge on any atom is -0.454 e. The maximum atomic E-state index is 11.8. The van der Waals surface area contributed by atoms with Gasteiger partial charge in [0.25, 0.3) is 5.91 Å². The third-order valence-electron chi connectivity index (χ3n) is 3.45. The van der Waals surface area contributed by atoms with Gasteiger partial charge in [0.2, 0.25) is 5.82 Å². The van der Waals surface area contributed by atoms with Gasteiger partial charge in [0.05, 0.1) is 0 Å². The lowest BCUT2D eigenvalue weighted by Crippen LogP contribution is -2.23. The Bertz CT molecular complexity index is 891. The highest BCUT2D eigenvalue weighted by molar-refractivity contribution is 5.92. The molecule has 0 spiro atoms. The van der Waals surface area contributed by atoms with E-state index in [2.05, 4.69) is 20.7 Å². The molecule has 1 N–H and O–H groups in total. The van der Waals surface area contributed by atoms with E-state index in [1.807, 2.05) is 49.4 Å². The second kappa shape index (κ2) is 8.02. The molecule has 3 aromatic rings. The molecule has 2 aromatic carbocycles. The Hall–Kier alpha value is -3.55. The summed E-state index contributed by atoms with van der Waals surface area (Å²) in [4.78, 5) is 24.8. The van der Waals surface area contributed by atoms with Crippen LogP contribution >= 0.6 is 0 Å². The number of hydrogen-bond donors (Lipinski definition) is 1. The van der Waals surface area contributed by atoms with Gasteiger partial charge in [-0.1, -0.05) is 48.0 Å². The van der Waals surface area contributed by atoms with Crippen LogP contribution in [-0.4, -0.2) is 38.7 Å². The number of carbonyl (C=O) groups excluding carboxylic acids is 2. The molecule has 1 heterocycles. The number of ether oxygens (including phenoxy) is 1. The number of nitrogens with one attached hydrogen (secondary N) is 1. The second-order valence-electron chi connectivity index (χ2n) is 5.58. The molecule has 1 amide bonds. The Morgan fingerprint density at radius 2 is 1.81 bits per heavy atom. The fraction of sp³-hybridized carbons (Fsp3) is 0.167. The number of esters is 1. The van der Waals surface area contributed by atoms with Crippen LogP contribution in [0.4, 0.5) is 5.69 Å². The highest BCUT2D eigenvalue weighted by Gasteiger charge is 2.12. The third kappa shape index (κ3) is 4.73. The number of aryl methyl sites for hydroxylation is 1. The van der Waals surface area contributed by atoms with E-state index in [-0.39, 0.29) is 13.2 Å². The standard InChI is InChI=1S/C18H17N5O3/c1-13-7-9-15(10-8-13)19-16(24)12-26-17(25)11-23-21-18(20-22-23)14-5-3-2-4-6-14/h2-10H,11-12H2,1H3,(H,19,24). The van der Waals surface area contributed by atoms with Crippen molar-refractivity contribution in [3.05, 3.63) is 60.2 Å². The lowest BCUT2D eigenvalue weighted by molar-refractivity contribution is -0.148. The van der Waals surface area contributed by atoms with Gasteiger partial charge in [-0.05, 0) is 24.3 Å². The van der Waals surface area contributed by atoms with E-state index >= 15 is 0 Å². The zero-order chi connectivity index (χ0) is 18.4. The number of amides is 1. The molecule has 132 valence electrons. The van der Waals surface area contributed by atoms with Crippen LogP contribution in [0.3, 0.4) is 0 Å². The summed E-state index contributed by atoms with van der Waals surface area (Å²) in [5.74, 6) is -0.629. The summed E-state index contributed by atoms with van der Waals surface area (Å²) in [6.07, 6.45) is 0. The molecular weight excluding hydrogens is 334 g/mol. The number of aromatic nitrogens is 4. The van der Waals surface area contributed by atoms with Gasteiger partial charge in [0.15, 0.2) is 13.2 Å². The van der Waals surface area contributed by atoms with Crippen LogP contribution in [0.1, 0.15) is 5.56 Å². The number of rotatable bonds is 6. The van der Waals surface area contributed by atoms with Gasteiger partial charge in [-0.3, -0.25) is 4.79 Å². The molecule has 0 aliphatic carbocycles. The first-order chi connectivity index (χ1) is 12.6. The molecule has 1 aromatic heterocycles. The molecule has 26 heavy (non-hydrogen) atoms. The van der Waals surface area contributed by atoms with Crippen molar-refractivity contribution >= 4 is 17.6 Å². The summed E-state index contributed by atoms with van der Waals surface area (Å²) in [6.45, 7) is 1.35. The Balaban J connectivity index is 1.47. The molecule has 0 saturated carbocycles. The fourth-order valence-corrected chi connectivity index (χ4v) is 2.15. The molecule has 8 nitrogen and oxygen atoms in total. The Morgan fingerprint density at radius 1 is 1.08 bits per heavy atom. The van der Waals surface area contributed by atoms with Crippen LogP contribution in [0.15, 0.2) is 54.6 Å². The topological polar surface area (TPSA) is 99.0 Å². The quantitative estimate of drug-likeness (QED) is 0.680. The van der Waals surface area contributed by atoms with Gasteiger partial charge >= 0.3 is 5.97 Å². The van der Waals surface area contributed by atoms with Gasteiger partial charge in [0, 0.05) is 11.3 Å². The summed E-state index contributed by atoms with van der Waals surface area (Å²) in [5, 5.41) is 14.5. The van der Waals surface area contributed by atoms with E-state index in [1.54, 1.807) is 12.1 Å². The van der Waals surface area contributed by atoms with Crippen molar-refractivity contribution in [3.63, 3.8) is 0 Å². The zero-order valence-electron chi connectivity index (χ0n) is 14.1. The van der Waals surface area contributed by atoms with Gasteiger partial charge < -0.3 is 10.1 Å². The van der Waals surface area contributed by atoms with Crippen molar-refractivity contribution < 1.29 is 14.3 Å². The molecule has 0 fully saturated rings. The van der Waals surface area contributed by atoms with E-state index in [0.29, 0.717) is 11.5 Å². The van der Waals surface area contributed by atoms with Crippen molar-refractivity contribution in [1.82, 2.24) is 20.2 Å². The number of carbonyl (C=O) groups is 2. The predicted octanol–water partition coefficient (Wildman–Crippen LogP) is 1.83. The summed E-state index contributed by atoms with van der Waals surface area (Å²) >= 11 is 0. The van der Waals surface area contributed by atoms with E-state index < -0.39 is 11.9 Å². The minimum atomic E-state index is -0.624. The lowest BCUT2D eigenvalue weighted by atomic mass is 10.2. The van der Waals surface area contributed by atoms with Crippen molar-refractivity contribution in [1.29, 1.82) is 0 Å². The molecule has 0 radical (unpaired) electrons. The maximum Gasteiger partial charge on any atom is 0.330 e. The van der Waals surface area contributed by atoms with Crippen LogP contribution < -0.4 is 5.32 Å². The number of nitrogens with zero attached hydrogens (tertiary/aromatic N) is 4. The van der Waals surface area contributed by atoms with Gasteiger partial charge in [-0.2, -0.15) is 4.80 Å². The Kier molecular flexibility index (Phi) is 5.33. The Labute approximate surface area is 149 Å². The highest BCUT2D eigenvalue weighted by Crippen LogP contribution is 2.11. The SMILES string of the molecule is Cc1ccc(NC(=O)COC(=O)Cn2nnc(-c3ccccc3)n2)cc1. The van der Waals surface area contributed by atoms with Crippen LogP contribution in [0.2, 0.25) is 0 Å². The first-order valence-electron chi connectivity index (χ1n) is 7.95. The molecule has 0 aliphatic rings. The molecular formula is C18H17N5O3. The average Bonchev–Trinajstić information content (AvgIpc) is 3.11. The highest BCUT2D eigenvalue weighted by atomic mass is 16.5. The molecule has 0 saturated heterocycles. The molecule has 0 atom stereocenters. The fourth-order valence-electron chi connectivity index (χ4n) is 2.15. The first kappa shape index (κ1) is 17.3. The normalized spacial score (nSPS) is 10.3. The van der Waals surface area contributed by atoms with Crippen molar-refractivity contribution in [2.75, 3.05) is 11.9 Å². The van der Waals surface area contributed by atoms with Crippen LogP contribution in [0, 0.1) is 6.92 Å². The molecule has 0 unspecified atom stereocenters. The molecule has 3 rings (SSSR count). The Morgan fingerprint density at radius 3 is 2.54 bits per heavy atom. The average molecular weight is 351 g/mol. The van der Waals surface area contributed by atoms with Crippen LogP contribution in [0.25, 0.3) is 11.4 Å². The number of anilines is 1. The summed E-state index contributed by atoms with van der Waals surface area (Å²) in [6, 6.07) is 16.6. The number of hydrogen-bond acceptors (Lipinski definition) is 6. The summed E-state index contributed by atoms with van der Waals surface area (Å²) in [5.41, 5.74) is 2.52. The first-order valence-corrected chi connectivity index (χ1v) is 7.95. The van der Waals surface area contributed by atoms with E-state index in [4.69, 9.17) is 4.74 Å². The zero-order valence-corrected chi connectivity index (χ0v) is 14.1. The smallest absolute Gasteiger partial charge is 0.330 e. The largest absolute Gasteiger partial charge is 0.454 e. The van der Waals surface area contributed by atoms with E-state index in [9.17, 15) is 9.59 Å². The third-order valence-corrected chi connectivity index (χ3v) is 3.45. The minimum absolute atomic E-state index is 0.225. The number of benzene rings is 2. The van der Waals surface area contributed by atoms with Crippen molar-refractivity contribution in [3.8, 4) is 11.4 Å². The van der Waals surface area contributed by atoms with Crippen molar-refractivity contribution in [2.45, 2.75) is 13.5 Å². The monoisotopic (exact) mass is 351 g/mol. The predicted molar refractivity (Wildman–Crippen MR) is 94.0 cm³/mol.